The first-order chi connectivity index (χ1) is 8.70. The summed E-state index contributed by atoms with van der Waals surface area (Å²) in [7, 11) is 0. The highest BCUT2D eigenvalue weighted by Crippen LogP contribution is 2.22. The lowest BCUT2D eigenvalue weighted by molar-refractivity contribution is 0.507. The molecule has 0 aliphatic rings. The molecule has 96 valence electrons. The molecule has 0 amide bonds. The smallest absolute Gasteiger partial charge is 0.128 e. The Bertz CT molecular complexity index is 502. The highest BCUT2D eigenvalue weighted by atomic mass is 79.9. The minimum absolute atomic E-state index is 0.176. The molecule has 0 bridgehead atoms. The van der Waals surface area contributed by atoms with Gasteiger partial charge in [-0.05, 0) is 29.6 Å². The summed E-state index contributed by atoms with van der Waals surface area (Å²) in [4.78, 5) is 1.21. The fourth-order valence-electron chi connectivity index (χ4n) is 1.74. The lowest BCUT2D eigenvalue weighted by Crippen LogP contribution is -2.28. The van der Waals surface area contributed by atoms with Gasteiger partial charge < -0.3 is 11.1 Å². The summed E-state index contributed by atoms with van der Waals surface area (Å²) in [5.74, 6) is -0.229. The molecule has 2 aromatic rings. The van der Waals surface area contributed by atoms with Gasteiger partial charge in [-0.15, -0.1) is 11.3 Å². The van der Waals surface area contributed by atoms with Gasteiger partial charge in [0.2, 0.25) is 0 Å². The molecule has 0 spiro atoms. The van der Waals surface area contributed by atoms with E-state index < -0.39 is 0 Å². The molecule has 2 rings (SSSR count). The zero-order valence-corrected chi connectivity index (χ0v) is 12.1. The number of thiophene rings is 1. The van der Waals surface area contributed by atoms with Crippen LogP contribution in [0.4, 0.5) is 4.39 Å². The SMILES string of the molecule is NCC(NCc1cccs1)c1cc(Br)ccc1F. The number of benzene rings is 1. The third-order valence-electron chi connectivity index (χ3n) is 2.67. The van der Waals surface area contributed by atoms with Gasteiger partial charge >= 0.3 is 0 Å². The van der Waals surface area contributed by atoms with Crippen LogP contribution in [0.2, 0.25) is 0 Å². The molecule has 0 saturated carbocycles. The van der Waals surface area contributed by atoms with Crippen molar-refractivity contribution in [3.8, 4) is 0 Å². The largest absolute Gasteiger partial charge is 0.329 e. The molecule has 2 nitrogen and oxygen atoms in total. The van der Waals surface area contributed by atoms with E-state index in [0.717, 1.165) is 4.47 Å². The van der Waals surface area contributed by atoms with Gasteiger partial charge in [0, 0.05) is 34.0 Å². The second kappa shape index (κ2) is 6.43. The fourth-order valence-corrected chi connectivity index (χ4v) is 2.77. The zero-order valence-electron chi connectivity index (χ0n) is 9.70. The summed E-state index contributed by atoms with van der Waals surface area (Å²) in [6.07, 6.45) is 0. The van der Waals surface area contributed by atoms with Gasteiger partial charge in [-0.1, -0.05) is 22.0 Å². The van der Waals surface area contributed by atoms with E-state index in [2.05, 4.69) is 21.2 Å². The maximum atomic E-state index is 13.8. The van der Waals surface area contributed by atoms with E-state index in [9.17, 15) is 4.39 Å². The molecule has 1 unspecified atom stereocenters. The van der Waals surface area contributed by atoms with Gasteiger partial charge in [-0.3, -0.25) is 0 Å². The number of hydrogen-bond acceptors (Lipinski definition) is 3. The summed E-state index contributed by atoms with van der Waals surface area (Å²) < 4.78 is 14.6. The van der Waals surface area contributed by atoms with Crippen molar-refractivity contribution in [3.05, 3.63) is 56.4 Å². The first-order valence-electron chi connectivity index (χ1n) is 5.61. The van der Waals surface area contributed by atoms with Crippen molar-refractivity contribution in [2.24, 2.45) is 5.73 Å². The van der Waals surface area contributed by atoms with Crippen molar-refractivity contribution < 1.29 is 4.39 Å². The fraction of sp³-hybridized carbons (Fsp3) is 0.231. The third kappa shape index (κ3) is 3.38. The molecule has 1 aromatic carbocycles. The summed E-state index contributed by atoms with van der Waals surface area (Å²) >= 11 is 5.02. The van der Waals surface area contributed by atoms with Crippen LogP contribution in [0.15, 0.2) is 40.2 Å². The van der Waals surface area contributed by atoms with Crippen LogP contribution in [0.3, 0.4) is 0 Å². The Balaban J connectivity index is 2.10. The van der Waals surface area contributed by atoms with Crippen molar-refractivity contribution in [3.63, 3.8) is 0 Å². The minimum Gasteiger partial charge on any atom is -0.329 e. The highest BCUT2D eigenvalue weighted by Gasteiger charge is 2.14. The molecule has 0 radical (unpaired) electrons. The average Bonchev–Trinajstić information content (AvgIpc) is 2.87. The van der Waals surface area contributed by atoms with Crippen LogP contribution in [0.5, 0.6) is 0 Å². The predicted molar refractivity (Wildman–Crippen MR) is 77.1 cm³/mol. The standard InChI is InChI=1S/C13H14BrFN2S/c14-9-3-4-12(15)11(6-9)13(7-16)17-8-10-2-1-5-18-10/h1-6,13,17H,7-8,16H2. The Hall–Kier alpha value is -0.750. The van der Waals surface area contributed by atoms with E-state index in [-0.39, 0.29) is 11.9 Å². The lowest BCUT2D eigenvalue weighted by Gasteiger charge is -2.17. The topological polar surface area (TPSA) is 38.0 Å². The second-order valence-electron chi connectivity index (χ2n) is 3.91. The Labute approximate surface area is 118 Å². The molecule has 0 aliphatic carbocycles. The molecule has 1 aromatic heterocycles. The monoisotopic (exact) mass is 328 g/mol. The summed E-state index contributed by atoms with van der Waals surface area (Å²) in [5, 5.41) is 5.30. The van der Waals surface area contributed by atoms with Crippen LogP contribution in [-0.4, -0.2) is 6.54 Å². The number of nitrogens with two attached hydrogens (primary N) is 1. The molecule has 0 saturated heterocycles. The molecule has 0 fully saturated rings. The number of nitrogens with one attached hydrogen (secondary N) is 1. The van der Waals surface area contributed by atoms with Gasteiger partial charge in [0.25, 0.3) is 0 Å². The summed E-state index contributed by atoms with van der Waals surface area (Å²) in [6.45, 7) is 1.06. The molecule has 18 heavy (non-hydrogen) atoms. The van der Waals surface area contributed by atoms with Gasteiger partial charge in [0.15, 0.2) is 0 Å². The Morgan fingerprint density at radius 2 is 2.22 bits per heavy atom. The minimum atomic E-state index is -0.229. The molecule has 3 N–H and O–H groups in total. The third-order valence-corrected chi connectivity index (χ3v) is 4.04. The first-order valence-corrected chi connectivity index (χ1v) is 7.28. The Morgan fingerprint density at radius 1 is 1.39 bits per heavy atom. The first kappa shape index (κ1) is 13.7. The second-order valence-corrected chi connectivity index (χ2v) is 5.86. The normalized spacial score (nSPS) is 12.6. The highest BCUT2D eigenvalue weighted by molar-refractivity contribution is 9.10. The maximum Gasteiger partial charge on any atom is 0.128 e. The Morgan fingerprint density at radius 3 is 2.89 bits per heavy atom. The predicted octanol–water partition coefficient (Wildman–Crippen LogP) is 3.44. The van der Waals surface area contributed by atoms with E-state index in [0.29, 0.717) is 18.7 Å². The van der Waals surface area contributed by atoms with Gasteiger partial charge in [0.1, 0.15) is 5.82 Å². The number of rotatable bonds is 5. The number of hydrogen-bond donors (Lipinski definition) is 2. The Kier molecular flexibility index (Phi) is 4.88. The van der Waals surface area contributed by atoms with Crippen LogP contribution >= 0.6 is 27.3 Å². The van der Waals surface area contributed by atoms with Crippen molar-refractivity contribution in [2.45, 2.75) is 12.6 Å². The van der Waals surface area contributed by atoms with Gasteiger partial charge in [-0.25, -0.2) is 4.39 Å². The van der Waals surface area contributed by atoms with Crippen molar-refractivity contribution in [2.75, 3.05) is 6.54 Å². The van der Waals surface area contributed by atoms with Crippen molar-refractivity contribution in [1.29, 1.82) is 0 Å². The molecule has 0 aliphatic heterocycles. The zero-order chi connectivity index (χ0) is 13.0. The van der Waals surface area contributed by atoms with E-state index in [1.54, 1.807) is 23.5 Å². The maximum absolute atomic E-state index is 13.8. The van der Waals surface area contributed by atoms with Gasteiger partial charge in [-0.2, -0.15) is 0 Å². The van der Waals surface area contributed by atoms with Crippen LogP contribution < -0.4 is 11.1 Å². The van der Waals surface area contributed by atoms with E-state index >= 15 is 0 Å². The molecule has 1 heterocycles. The molecule has 5 heteroatoms. The van der Waals surface area contributed by atoms with Crippen molar-refractivity contribution >= 4 is 27.3 Å². The molecular weight excluding hydrogens is 315 g/mol. The van der Waals surface area contributed by atoms with Crippen molar-refractivity contribution in [1.82, 2.24) is 5.32 Å². The summed E-state index contributed by atoms with van der Waals surface area (Å²) in [5.41, 5.74) is 6.32. The van der Waals surface area contributed by atoms with Crippen LogP contribution in [-0.2, 0) is 6.54 Å². The average molecular weight is 329 g/mol. The van der Waals surface area contributed by atoms with Crippen LogP contribution in [0.1, 0.15) is 16.5 Å². The summed E-state index contributed by atoms with van der Waals surface area (Å²) in [6, 6.07) is 8.78. The van der Waals surface area contributed by atoms with Gasteiger partial charge in [0.05, 0.1) is 0 Å². The molecular formula is C13H14BrFN2S. The molecule has 1 atom stereocenters. The van der Waals surface area contributed by atoms with E-state index in [1.165, 1.54) is 10.9 Å². The van der Waals surface area contributed by atoms with E-state index in [1.807, 2.05) is 17.5 Å². The number of halogens is 2. The quantitative estimate of drug-likeness (QED) is 0.882. The van der Waals surface area contributed by atoms with E-state index in [4.69, 9.17) is 5.73 Å². The van der Waals surface area contributed by atoms with Crippen LogP contribution in [0.25, 0.3) is 0 Å². The lowest BCUT2D eigenvalue weighted by atomic mass is 10.1. The van der Waals surface area contributed by atoms with Crippen LogP contribution in [0, 0.1) is 5.82 Å².